The highest BCUT2D eigenvalue weighted by atomic mass is 32.1. The summed E-state index contributed by atoms with van der Waals surface area (Å²) in [6.07, 6.45) is 7.05. The molecule has 0 spiro atoms. The maximum absolute atomic E-state index is 8.57. The van der Waals surface area contributed by atoms with Gasteiger partial charge in [0.1, 0.15) is 0 Å². The smallest absolute Gasteiger partial charge is 0.181 e. The first kappa shape index (κ1) is 10.9. The standard InChI is InChI=1S/C10H17N3OS/c14-4-3-11-13-10(15)12-9-6-7-1-2-8(9)5-7/h1-2,7-9,11,14H,3-6H2,(H2,12,13,15)/t7-,8+,9+/m0/s1. The monoisotopic (exact) mass is 227 g/mol. The van der Waals surface area contributed by atoms with Gasteiger partial charge in [0.05, 0.1) is 6.61 Å². The number of hydrazine groups is 1. The molecule has 0 saturated heterocycles. The van der Waals surface area contributed by atoms with E-state index < -0.39 is 0 Å². The molecule has 2 aliphatic carbocycles. The molecule has 0 aromatic rings. The highest BCUT2D eigenvalue weighted by Crippen LogP contribution is 2.38. The van der Waals surface area contributed by atoms with Gasteiger partial charge in [0.15, 0.2) is 5.11 Å². The molecule has 3 atom stereocenters. The van der Waals surface area contributed by atoms with Crippen molar-refractivity contribution in [2.24, 2.45) is 11.8 Å². The third kappa shape index (κ3) is 2.68. The molecular weight excluding hydrogens is 210 g/mol. The Morgan fingerprint density at radius 3 is 2.87 bits per heavy atom. The molecule has 2 aliphatic rings. The summed E-state index contributed by atoms with van der Waals surface area (Å²) in [7, 11) is 0. The van der Waals surface area contributed by atoms with Crippen molar-refractivity contribution in [3.05, 3.63) is 12.2 Å². The minimum Gasteiger partial charge on any atom is -0.395 e. The molecule has 0 radical (unpaired) electrons. The number of nitrogens with one attached hydrogen (secondary N) is 3. The zero-order chi connectivity index (χ0) is 10.7. The Bertz CT molecular complexity index is 269. The summed E-state index contributed by atoms with van der Waals surface area (Å²) in [6.45, 7) is 0.602. The molecule has 0 aromatic heterocycles. The van der Waals surface area contributed by atoms with Crippen LogP contribution in [0.4, 0.5) is 0 Å². The number of hydrogen-bond acceptors (Lipinski definition) is 3. The van der Waals surface area contributed by atoms with Crippen LogP contribution in [0.25, 0.3) is 0 Å². The van der Waals surface area contributed by atoms with Gasteiger partial charge in [-0.3, -0.25) is 5.43 Å². The van der Waals surface area contributed by atoms with Gasteiger partial charge in [0.25, 0.3) is 0 Å². The molecule has 4 nitrogen and oxygen atoms in total. The zero-order valence-corrected chi connectivity index (χ0v) is 9.39. The fourth-order valence-electron chi connectivity index (χ4n) is 2.35. The molecule has 4 N–H and O–H groups in total. The Labute approximate surface area is 95.1 Å². The van der Waals surface area contributed by atoms with Crippen LogP contribution in [-0.4, -0.2) is 29.4 Å². The van der Waals surface area contributed by atoms with E-state index in [-0.39, 0.29) is 6.61 Å². The number of allylic oxidation sites excluding steroid dienone is 1. The molecule has 0 amide bonds. The van der Waals surface area contributed by atoms with Crippen molar-refractivity contribution in [3.8, 4) is 0 Å². The van der Waals surface area contributed by atoms with Gasteiger partial charge >= 0.3 is 0 Å². The van der Waals surface area contributed by atoms with Crippen molar-refractivity contribution in [3.63, 3.8) is 0 Å². The lowest BCUT2D eigenvalue weighted by molar-refractivity contribution is 0.289. The average Bonchev–Trinajstić information content (AvgIpc) is 2.79. The third-order valence-electron chi connectivity index (χ3n) is 3.03. The molecule has 1 fully saturated rings. The van der Waals surface area contributed by atoms with Gasteiger partial charge in [0.2, 0.25) is 0 Å². The van der Waals surface area contributed by atoms with Crippen molar-refractivity contribution in [1.29, 1.82) is 0 Å². The van der Waals surface area contributed by atoms with Crippen molar-refractivity contribution in [2.45, 2.75) is 18.9 Å². The number of aliphatic hydroxyl groups is 1. The number of aliphatic hydroxyl groups excluding tert-OH is 1. The van der Waals surface area contributed by atoms with E-state index in [1.54, 1.807) is 0 Å². The molecule has 15 heavy (non-hydrogen) atoms. The second-order valence-electron chi connectivity index (χ2n) is 4.14. The quantitative estimate of drug-likeness (QED) is 0.234. The first-order valence-electron chi connectivity index (χ1n) is 5.38. The molecule has 84 valence electrons. The largest absolute Gasteiger partial charge is 0.395 e. The summed E-state index contributed by atoms with van der Waals surface area (Å²) in [5.41, 5.74) is 5.69. The minimum absolute atomic E-state index is 0.104. The summed E-state index contributed by atoms with van der Waals surface area (Å²) in [5.74, 6) is 1.40. The second-order valence-corrected chi connectivity index (χ2v) is 4.54. The van der Waals surface area contributed by atoms with E-state index in [1.807, 2.05) is 0 Å². The van der Waals surface area contributed by atoms with Gasteiger partial charge in [-0.05, 0) is 36.9 Å². The van der Waals surface area contributed by atoms with Crippen LogP contribution in [0, 0.1) is 11.8 Å². The molecule has 0 aromatic carbocycles. The van der Waals surface area contributed by atoms with Crippen LogP contribution in [0.2, 0.25) is 0 Å². The van der Waals surface area contributed by atoms with Crippen LogP contribution in [0.15, 0.2) is 12.2 Å². The molecule has 0 aliphatic heterocycles. The zero-order valence-electron chi connectivity index (χ0n) is 8.57. The SMILES string of the molecule is OCCNNC(=S)N[C@@H]1C[C@H]2C=C[C@@H]1C2. The number of hydrogen-bond donors (Lipinski definition) is 4. The molecule has 1 saturated carbocycles. The fraction of sp³-hybridized carbons (Fsp3) is 0.700. The lowest BCUT2D eigenvalue weighted by Crippen LogP contribution is -2.49. The van der Waals surface area contributed by atoms with Crippen LogP contribution >= 0.6 is 12.2 Å². The van der Waals surface area contributed by atoms with E-state index in [2.05, 4.69) is 28.3 Å². The molecule has 0 heterocycles. The van der Waals surface area contributed by atoms with Gasteiger partial charge in [-0.15, -0.1) is 0 Å². The topological polar surface area (TPSA) is 56.3 Å². The fourth-order valence-corrected chi connectivity index (χ4v) is 2.57. The van der Waals surface area contributed by atoms with Crippen LogP contribution in [-0.2, 0) is 0 Å². The maximum atomic E-state index is 8.57. The lowest BCUT2D eigenvalue weighted by atomic mass is 10.0. The number of fused-ring (bicyclic) bond motifs is 2. The van der Waals surface area contributed by atoms with Crippen molar-refractivity contribution < 1.29 is 5.11 Å². The van der Waals surface area contributed by atoms with E-state index in [0.717, 1.165) is 5.92 Å². The number of thiocarbonyl (C=S) groups is 1. The summed E-state index contributed by atoms with van der Waals surface area (Å²) < 4.78 is 0. The maximum Gasteiger partial charge on any atom is 0.181 e. The summed E-state index contributed by atoms with van der Waals surface area (Å²) >= 11 is 5.13. The molecular formula is C10H17N3OS. The van der Waals surface area contributed by atoms with E-state index >= 15 is 0 Å². The Kier molecular flexibility index (Phi) is 3.56. The Balaban J connectivity index is 1.69. The van der Waals surface area contributed by atoms with E-state index in [9.17, 15) is 0 Å². The van der Waals surface area contributed by atoms with Crippen LogP contribution in [0.1, 0.15) is 12.8 Å². The third-order valence-corrected chi connectivity index (χ3v) is 3.25. The van der Waals surface area contributed by atoms with E-state index in [0.29, 0.717) is 23.6 Å². The van der Waals surface area contributed by atoms with Gasteiger partial charge in [-0.25, -0.2) is 5.43 Å². The van der Waals surface area contributed by atoms with Crippen LogP contribution in [0.3, 0.4) is 0 Å². The highest BCUT2D eigenvalue weighted by molar-refractivity contribution is 7.80. The normalized spacial score (nSPS) is 31.9. The van der Waals surface area contributed by atoms with Gasteiger partial charge in [-0.1, -0.05) is 12.2 Å². The molecule has 5 heteroatoms. The summed E-state index contributed by atoms with van der Waals surface area (Å²) in [6, 6.07) is 0.482. The molecule has 0 unspecified atom stereocenters. The van der Waals surface area contributed by atoms with Gasteiger partial charge < -0.3 is 10.4 Å². The molecule has 2 bridgehead atoms. The Morgan fingerprint density at radius 2 is 2.27 bits per heavy atom. The van der Waals surface area contributed by atoms with Crippen molar-refractivity contribution in [1.82, 2.24) is 16.2 Å². The Hall–Kier alpha value is -0.650. The average molecular weight is 227 g/mol. The first-order valence-corrected chi connectivity index (χ1v) is 5.79. The summed E-state index contributed by atoms with van der Waals surface area (Å²) in [5, 5.41) is 12.5. The number of rotatable bonds is 4. The minimum atomic E-state index is 0.104. The summed E-state index contributed by atoms with van der Waals surface area (Å²) in [4.78, 5) is 0. The van der Waals surface area contributed by atoms with Gasteiger partial charge in [-0.2, -0.15) is 0 Å². The van der Waals surface area contributed by atoms with Crippen LogP contribution < -0.4 is 16.2 Å². The predicted molar refractivity (Wildman–Crippen MR) is 63.1 cm³/mol. The van der Waals surface area contributed by atoms with Crippen molar-refractivity contribution >= 4 is 17.3 Å². The first-order chi connectivity index (χ1) is 7.29. The van der Waals surface area contributed by atoms with Crippen molar-refractivity contribution in [2.75, 3.05) is 13.2 Å². The van der Waals surface area contributed by atoms with E-state index in [1.165, 1.54) is 12.8 Å². The second kappa shape index (κ2) is 4.92. The molecule has 2 rings (SSSR count). The van der Waals surface area contributed by atoms with E-state index in [4.69, 9.17) is 17.3 Å². The lowest BCUT2D eigenvalue weighted by Gasteiger charge is -2.21. The highest BCUT2D eigenvalue weighted by Gasteiger charge is 2.35. The Morgan fingerprint density at radius 1 is 1.40 bits per heavy atom. The van der Waals surface area contributed by atoms with Crippen LogP contribution in [0.5, 0.6) is 0 Å². The predicted octanol–water partition coefficient (Wildman–Crippen LogP) is -0.0880. The van der Waals surface area contributed by atoms with Gasteiger partial charge in [0, 0.05) is 12.6 Å².